The van der Waals surface area contributed by atoms with E-state index < -0.39 is 23.7 Å². The number of carbonyl (C=O) groups is 2. The highest BCUT2D eigenvalue weighted by Gasteiger charge is 2.42. The van der Waals surface area contributed by atoms with Gasteiger partial charge >= 0.3 is 12.1 Å². The van der Waals surface area contributed by atoms with Crippen molar-refractivity contribution in [3.63, 3.8) is 0 Å². The highest BCUT2D eigenvalue weighted by molar-refractivity contribution is 5.81. The lowest BCUT2D eigenvalue weighted by molar-refractivity contribution is -0.142. The number of carbonyl (C=O) groups excluding carboxylic acids is 1. The van der Waals surface area contributed by atoms with E-state index in [0.717, 1.165) is 26.1 Å². The normalized spacial score (nSPS) is 25.2. The van der Waals surface area contributed by atoms with Crippen LogP contribution in [0.25, 0.3) is 0 Å². The predicted molar refractivity (Wildman–Crippen MR) is 89.0 cm³/mol. The number of hydrogen-bond donors (Lipinski definition) is 1. The number of carboxylic acids is 1. The number of hydrogen-bond acceptors (Lipinski definition) is 5. The van der Waals surface area contributed by atoms with Crippen molar-refractivity contribution in [3.8, 4) is 0 Å². The molecule has 0 aromatic rings. The summed E-state index contributed by atoms with van der Waals surface area (Å²) >= 11 is 0. The van der Waals surface area contributed by atoms with Crippen molar-refractivity contribution in [1.29, 1.82) is 0 Å². The molecular weight excluding hydrogens is 312 g/mol. The van der Waals surface area contributed by atoms with Gasteiger partial charge in [-0.25, -0.2) is 9.59 Å². The minimum Gasteiger partial charge on any atom is -0.480 e. The molecule has 0 spiro atoms. The molecule has 0 saturated carbocycles. The van der Waals surface area contributed by atoms with Crippen molar-refractivity contribution in [2.45, 2.75) is 64.2 Å². The number of rotatable bonds is 6. The smallest absolute Gasteiger partial charge is 0.411 e. The van der Waals surface area contributed by atoms with Crippen LogP contribution in [0.3, 0.4) is 0 Å². The van der Waals surface area contributed by atoms with E-state index in [1.54, 1.807) is 20.8 Å². The number of aliphatic carboxylic acids is 1. The van der Waals surface area contributed by atoms with Crippen LogP contribution in [0.1, 0.15) is 46.5 Å². The van der Waals surface area contributed by atoms with Crippen LogP contribution in [0.15, 0.2) is 0 Å². The van der Waals surface area contributed by atoms with Gasteiger partial charge in [0, 0.05) is 19.6 Å². The van der Waals surface area contributed by atoms with Crippen molar-refractivity contribution < 1.29 is 24.2 Å². The molecule has 2 atom stereocenters. The molecule has 2 aliphatic heterocycles. The van der Waals surface area contributed by atoms with Crippen LogP contribution in [-0.2, 0) is 14.3 Å². The second-order valence-electron chi connectivity index (χ2n) is 7.62. The first-order valence-corrected chi connectivity index (χ1v) is 8.82. The number of likely N-dealkylation sites (tertiary alicyclic amines) is 2. The minimum absolute atomic E-state index is 0.239. The van der Waals surface area contributed by atoms with Gasteiger partial charge < -0.3 is 19.5 Å². The number of ether oxygens (including phenoxy) is 2. The largest absolute Gasteiger partial charge is 0.480 e. The fourth-order valence-corrected chi connectivity index (χ4v) is 3.22. The Kier molecular flexibility index (Phi) is 6.46. The van der Waals surface area contributed by atoms with Gasteiger partial charge in [0.05, 0.1) is 12.6 Å². The molecule has 2 aliphatic rings. The third-order valence-corrected chi connectivity index (χ3v) is 4.35. The third kappa shape index (κ3) is 5.63. The van der Waals surface area contributed by atoms with E-state index in [4.69, 9.17) is 9.47 Å². The number of nitrogens with zero attached hydrogens (tertiary/aromatic N) is 2. The van der Waals surface area contributed by atoms with Crippen molar-refractivity contribution in [3.05, 3.63) is 0 Å². The Balaban J connectivity index is 1.78. The number of amides is 1. The highest BCUT2D eigenvalue weighted by atomic mass is 16.6. The fraction of sp³-hybridized carbons (Fsp3) is 0.882. The van der Waals surface area contributed by atoms with E-state index in [1.807, 2.05) is 0 Å². The maximum absolute atomic E-state index is 12.2. The Labute approximate surface area is 143 Å². The van der Waals surface area contributed by atoms with Crippen LogP contribution in [0, 0.1) is 0 Å². The van der Waals surface area contributed by atoms with E-state index in [0.29, 0.717) is 13.0 Å². The standard InChI is InChI=1S/C17H30N2O5/c1-17(2,3)24-16(22)19-12-13(11-14(19)15(20)21)23-10-6-9-18-7-4-5-8-18/h13-14H,4-12H2,1-3H3,(H,20,21)/t13?,14-/m0/s1. The molecule has 138 valence electrons. The molecule has 2 rings (SSSR count). The molecule has 0 bridgehead atoms. The molecule has 0 aromatic heterocycles. The second-order valence-corrected chi connectivity index (χ2v) is 7.62. The Hall–Kier alpha value is -1.34. The maximum Gasteiger partial charge on any atom is 0.411 e. The van der Waals surface area contributed by atoms with Crippen LogP contribution in [0.2, 0.25) is 0 Å². The summed E-state index contributed by atoms with van der Waals surface area (Å²) in [6, 6.07) is -0.872. The SMILES string of the molecule is CC(C)(C)OC(=O)N1CC(OCCCN2CCCC2)C[C@H]1C(=O)O. The zero-order valence-corrected chi connectivity index (χ0v) is 15.0. The third-order valence-electron chi connectivity index (χ3n) is 4.35. The molecule has 0 aliphatic carbocycles. The molecule has 1 N–H and O–H groups in total. The van der Waals surface area contributed by atoms with E-state index in [1.165, 1.54) is 17.7 Å². The van der Waals surface area contributed by atoms with Crippen LogP contribution < -0.4 is 0 Å². The molecule has 2 saturated heterocycles. The van der Waals surface area contributed by atoms with Gasteiger partial charge in [0.15, 0.2) is 0 Å². The summed E-state index contributed by atoms with van der Waals surface area (Å²) in [6.45, 7) is 9.51. The van der Waals surface area contributed by atoms with Crippen molar-refractivity contribution in [2.24, 2.45) is 0 Å². The molecule has 0 radical (unpaired) electrons. The van der Waals surface area contributed by atoms with Gasteiger partial charge in [0.2, 0.25) is 0 Å². The number of carboxylic acid groups (broad SMARTS) is 1. The lowest BCUT2D eigenvalue weighted by atomic mass is 10.2. The van der Waals surface area contributed by atoms with Crippen molar-refractivity contribution in [1.82, 2.24) is 9.80 Å². The average molecular weight is 342 g/mol. The zero-order valence-electron chi connectivity index (χ0n) is 15.0. The molecule has 24 heavy (non-hydrogen) atoms. The van der Waals surface area contributed by atoms with Gasteiger partial charge in [0.1, 0.15) is 11.6 Å². The molecule has 1 unspecified atom stereocenters. The Morgan fingerprint density at radius 1 is 1.21 bits per heavy atom. The topological polar surface area (TPSA) is 79.3 Å². The summed E-state index contributed by atoms with van der Waals surface area (Å²) < 4.78 is 11.1. The maximum atomic E-state index is 12.2. The summed E-state index contributed by atoms with van der Waals surface area (Å²) in [6.07, 6.45) is 2.97. The molecular formula is C17H30N2O5. The Morgan fingerprint density at radius 2 is 1.88 bits per heavy atom. The van der Waals surface area contributed by atoms with E-state index >= 15 is 0 Å². The first kappa shape index (κ1) is 19.0. The van der Waals surface area contributed by atoms with Gasteiger partial charge in [-0.05, 0) is 53.1 Å². The quantitative estimate of drug-likeness (QED) is 0.743. The van der Waals surface area contributed by atoms with E-state index in [9.17, 15) is 14.7 Å². The first-order valence-electron chi connectivity index (χ1n) is 8.82. The molecule has 0 aromatic carbocycles. The van der Waals surface area contributed by atoms with Crippen LogP contribution >= 0.6 is 0 Å². The molecule has 7 heteroatoms. The zero-order chi connectivity index (χ0) is 17.7. The van der Waals surface area contributed by atoms with Crippen molar-refractivity contribution >= 4 is 12.1 Å². The van der Waals surface area contributed by atoms with Crippen LogP contribution in [-0.4, -0.2) is 77.5 Å². The summed E-state index contributed by atoms with van der Waals surface area (Å²) in [5.74, 6) is -1.01. The lowest BCUT2D eigenvalue weighted by Crippen LogP contribution is -2.43. The summed E-state index contributed by atoms with van der Waals surface area (Å²) in [7, 11) is 0. The summed E-state index contributed by atoms with van der Waals surface area (Å²) in [4.78, 5) is 27.3. The molecule has 2 heterocycles. The monoisotopic (exact) mass is 342 g/mol. The molecule has 7 nitrogen and oxygen atoms in total. The molecule has 2 fully saturated rings. The van der Waals surface area contributed by atoms with Crippen LogP contribution in [0.5, 0.6) is 0 Å². The lowest BCUT2D eigenvalue weighted by Gasteiger charge is -2.26. The van der Waals surface area contributed by atoms with Gasteiger partial charge in [-0.1, -0.05) is 0 Å². The van der Waals surface area contributed by atoms with Gasteiger partial charge in [0.25, 0.3) is 0 Å². The summed E-state index contributed by atoms with van der Waals surface area (Å²) in [5.41, 5.74) is -0.644. The summed E-state index contributed by atoms with van der Waals surface area (Å²) in [5, 5.41) is 9.35. The van der Waals surface area contributed by atoms with Gasteiger partial charge in [-0.2, -0.15) is 0 Å². The van der Waals surface area contributed by atoms with Gasteiger partial charge in [-0.3, -0.25) is 4.90 Å². The Morgan fingerprint density at radius 3 is 2.46 bits per heavy atom. The average Bonchev–Trinajstić information content (AvgIpc) is 3.11. The van der Waals surface area contributed by atoms with Crippen molar-refractivity contribution in [2.75, 3.05) is 32.8 Å². The van der Waals surface area contributed by atoms with Gasteiger partial charge in [-0.15, -0.1) is 0 Å². The van der Waals surface area contributed by atoms with E-state index in [2.05, 4.69) is 4.90 Å². The first-order chi connectivity index (χ1) is 11.3. The second kappa shape index (κ2) is 8.16. The highest BCUT2D eigenvalue weighted by Crippen LogP contribution is 2.23. The fourth-order valence-electron chi connectivity index (χ4n) is 3.22. The van der Waals surface area contributed by atoms with E-state index in [-0.39, 0.29) is 12.6 Å². The predicted octanol–water partition coefficient (Wildman–Crippen LogP) is 1.95. The Bertz CT molecular complexity index is 443. The minimum atomic E-state index is -1.01. The molecule has 1 amide bonds. The van der Waals surface area contributed by atoms with Crippen LogP contribution in [0.4, 0.5) is 4.79 Å².